The Morgan fingerprint density at radius 1 is 1.17 bits per heavy atom. The van der Waals surface area contributed by atoms with Gasteiger partial charge in [0.15, 0.2) is 18.2 Å². The molecular formula is C34H47BFNO9. The predicted molar refractivity (Wildman–Crippen MR) is 165 cm³/mol. The van der Waals surface area contributed by atoms with Crippen molar-refractivity contribution >= 4 is 30.2 Å². The molecule has 0 aromatic heterocycles. The minimum absolute atomic E-state index is 0.0117. The topological polar surface area (TPSA) is 143 Å². The Kier molecular flexibility index (Phi) is 8.83. The number of carbonyl (C=O) groups excluding carboxylic acids is 3. The number of ether oxygens (including phenoxy) is 2. The number of halogens is 1. The largest absolute Gasteiger partial charge is 0.494 e. The van der Waals surface area contributed by atoms with Crippen LogP contribution in [0.4, 0.5) is 4.39 Å². The zero-order valence-corrected chi connectivity index (χ0v) is 27.3. The van der Waals surface area contributed by atoms with Crippen LogP contribution in [0, 0.1) is 39.8 Å². The van der Waals surface area contributed by atoms with Crippen LogP contribution in [0.25, 0.3) is 0 Å². The van der Waals surface area contributed by atoms with Crippen LogP contribution < -0.4 is 10.2 Å². The molecule has 3 aliphatic carbocycles. The third-order valence-corrected chi connectivity index (χ3v) is 12.8. The predicted octanol–water partition coefficient (Wildman–Crippen LogP) is 2.52. The zero-order valence-electron chi connectivity index (χ0n) is 27.3. The number of carbonyl (C=O) groups is 3. The molecule has 0 spiro atoms. The highest BCUT2D eigenvalue weighted by Crippen LogP contribution is 2.68. The summed E-state index contributed by atoms with van der Waals surface area (Å²) in [6, 6.07) is 2.97. The first-order valence-corrected chi connectivity index (χ1v) is 16.8. The van der Waals surface area contributed by atoms with Gasteiger partial charge in [-0.1, -0.05) is 33.8 Å². The van der Waals surface area contributed by atoms with Crippen LogP contribution >= 0.6 is 0 Å². The lowest BCUT2D eigenvalue weighted by molar-refractivity contribution is -0.213. The Labute approximate surface area is 270 Å². The van der Waals surface area contributed by atoms with Gasteiger partial charge in [0, 0.05) is 42.7 Å². The molecule has 4 fully saturated rings. The lowest BCUT2D eigenvalue weighted by Crippen LogP contribution is -2.63. The van der Waals surface area contributed by atoms with Crippen molar-refractivity contribution in [3.63, 3.8) is 0 Å². The van der Waals surface area contributed by atoms with Crippen molar-refractivity contribution in [1.29, 1.82) is 0 Å². The van der Waals surface area contributed by atoms with E-state index in [2.05, 4.69) is 6.92 Å². The maximum atomic E-state index is 15.1. The molecule has 1 aromatic carbocycles. The number of nitrogens with zero attached hydrogens (tertiary/aromatic N) is 1. The van der Waals surface area contributed by atoms with Gasteiger partial charge in [0.2, 0.25) is 5.91 Å². The molecule has 2 aliphatic heterocycles. The number of fused-ring (bicyclic) bond motifs is 1. The third kappa shape index (κ3) is 5.37. The molecule has 6 rings (SSSR count). The first-order valence-electron chi connectivity index (χ1n) is 16.8. The smallest absolute Gasteiger partial charge is 0.479 e. The van der Waals surface area contributed by atoms with E-state index in [0.717, 1.165) is 12.8 Å². The van der Waals surface area contributed by atoms with Gasteiger partial charge in [0.05, 0.1) is 18.8 Å². The molecule has 10 nitrogen and oxygen atoms in total. The maximum absolute atomic E-state index is 15.1. The number of amides is 1. The number of benzene rings is 1. The number of aliphatic hydroxyl groups excluding tert-OH is 2. The Morgan fingerprint density at radius 3 is 2.65 bits per heavy atom. The number of hydrogen-bond acceptors (Lipinski definition) is 9. The van der Waals surface area contributed by atoms with E-state index in [-0.39, 0.29) is 54.2 Å². The van der Waals surface area contributed by atoms with Gasteiger partial charge in [-0.3, -0.25) is 9.59 Å². The maximum Gasteiger partial charge on any atom is 0.494 e. The molecule has 12 heteroatoms. The van der Waals surface area contributed by atoms with Gasteiger partial charge in [-0.05, 0) is 72.8 Å². The molecule has 9 atom stereocenters. The number of rotatable bonds is 7. The zero-order chi connectivity index (χ0) is 33.2. The Bertz CT molecular complexity index is 1390. The minimum Gasteiger partial charge on any atom is -0.479 e. The van der Waals surface area contributed by atoms with E-state index >= 15 is 4.39 Å². The lowest BCUT2D eigenvalue weighted by atomic mass is 9.43. The Morgan fingerprint density at radius 2 is 1.93 bits per heavy atom. The Balaban J connectivity index is 1.28. The molecule has 0 radical (unpaired) electrons. The average Bonchev–Trinajstić information content (AvgIpc) is 3.73. The van der Waals surface area contributed by atoms with Crippen molar-refractivity contribution in [2.75, 3.05) is 19.7 Å². The van der Waals surface area contributed by atoms with Gasteiger partial charge < -0.3 is 34.3 Å². The fraction of sp³-hybridized carbons (Fsp3) is 0.735. The summed E-state index contributed by atoms with van der Waals surface area (Å²) in [6.45, 7) is 8.40. The summed E-state index contributed by atoms with van der Waals surface area (Å²) in [4.78, 5) is 42.1. The van der Waals surface area contributed by atoms with E-state index in [9.17, 15) is 29.6 Å². The van der Waals surface area contributed by atoms with E-state index in [0.29, 0.717) is 44.3 Å². The number of likely N-dealkylation sites (tertiary alicyclic amines) is 1. The van der Waals surface area contributed by atoms with Crippen LogP contribution in [0.5, 0.6) is 5.75 Å². The molecule has 1 amide bonds. The standard InChI is InChI=1S/C34H47BFNO9/c1-19-7-12-34-13-8-23(39)30(34)33(19,4)25(46-27(41)18-44-24-6-5-21-17-45-35(43)28(21)29(24)36)15-32(3,31(42)20(34)2)11-9-26(40)37-14-10-22(38)16-37/h5-6,19-20,22,25,30-31,38,42-43H,7-18H2,1-4H3/t19-,20-,22?,25+,30-,31-,32+,33-,34-/m0/s1. The second-order valence-electron chi connectivity index (χ2n) is 15.2. The third-order valence-electron chi connectivity index (χ3n) is 12.8. The molecule has 1 unspecified atom stereocenters. The highest BCUT2D eigenvalue weighted by Gasteiger charge is 2.68. The fourth-order valence-electron chi connectivity index (χ4n) is 9.82. The molecule has 2 heterocycles. The average molecular weight is 644 g/mol. The molecular weight excluding hydrogens is 596 g/mol. The number of aliphatic hydroxyl groups is 2. The highest BCUT2D eigenvalue weighted by molar-refractivity contribution is 6.61. The van der Waals surface area contributed by atoms with Crippen molar-refractivity contribution in [3.05, 3.63) is 23.5 Å². The molecule has 2 bridgehead atoms. The van der Waals surface area contributed by atoms with E-state index in [1.54, 1.807) is 11.0 Å². The molecule has 252 valence electrons. The summed E-state index contributed by atoms with van der Waals surface area (Å²) in [5.41, 5.74) is -1.53. The van der Waals surface area contributed by atoms with Crippen molar-refractivity contribution in [2.45, 2.75) is 104 Å². The summed E-state index contributed by atoms with van der Waals surface area (Å²) < 4.78 is 32.1. The van der Waals surface area contributed by atoms with Crippen LogP contribution in [0.1, 0.15) is 84.6 Å². The van der Waals surface area contributed by atoms with Crippen molar-refractivity contribution < 1.29 is 48.1 Å². The quantitative estimate of drug-likeness (QED) is 0.302. The van der Waals surface area contributed by atoms with Gasteiger partial charge in [-0.2, -0.15) is 0 Å². The highest BCUT2D eigenvalue weighted by atomic mass is 19.1. The van der Waals surface area contributed by atoms with Gasteiger partial charge in [-0.15, -0.1) is 0 Å². The first-order chi connectivity index (χ1) is 21.7. The molecule has 3 N–H and O–H groups in total. The van der Waals surface area contributed by atoms with E-state index in [4.69, 9.17) is 14.1 Å². The van der Waals surface area contributed by atoms with Crippen LogP contribution in [0.2, 0.25) is 0 Å². The van der Waals surface area contributed by atoms with Gasteiger partial charge in [-0.25, -0.2) is 9.18 Å². The van der Waals surface area contributed by atoms with Gasteiger partial charge in [0.25, 0.3) is 0 Å². The second kappa shape index (κ2) is 12.2. The molecule has 3 saturated carbocycles. The van der Waals surface area contributed by atoms with E-state index < -0.39 is 66.0 Å². The second-order valence-corrected chi connectivity index (χ2v) is 15.2. The molecule has 5 aliphatic rings. The van der Waals surface area contributed by atoms with Crippen LogP contribution in [-0.4, -0.2) is 82.9 Å². The van der Waals surface area contributed by atoms with Gasteiger partial charge in [0.1, 0.15) is 11.9 Å². The summed E-state index contributed by atoms with van der Waals surface area (Å²) >= 11 is 0. The number of hydrogen-bond donors (Lipinski definition) is 3. The number of β-amino-alcohol motifs (C(OH)–C–C–N with tert-alkyl or cyclic N) is 1. The monoisotopic (exact) mass is 643 g/mol. The fourth-order valence-corrected chi connectivity index (χ4v) is 9.82. The van der Waals surface area contributed by atoms with E-state index in [1.807, 2.05) is 20.8 Å². The van der Waals surface area contributed by atoms with Crippen LogP contribution in [0.3, 0.4) is 0 Å². The lowest BCUT2D eigenvalue weighted by Gasteiger charge is -2.62. The van der Waals surface area contributed by atoms with Crippen LogP contribution in [0.15, 0.2) is 12.1 Å². The van der Waals surface area contributed by atoms with Gasteiger partial charge >= 0.3 is 13.1 Å². The molecule has 1 aromatic rings. The van der Waals surface area contributed by atoms with Crippen LogP contribution in [-0.2, 0) is 30.4 Å². The summed E-state index contributed by atoms with van der Waals surface area (Å²) in [7, 11) is -1.41. The first kappa shape index (κ1) is 33.4. The molecule has 1 saturated heterocycles. The van der Waals surface area contributed by atoms with Crippen molar-refractivity contribution in [3.8, 4) is 5.75 Å². The molecule has 46 heavy (non-hydrogen) atoms. The minimum atomic E-state index is -1.41. The van der Waals surface area contributed by atoms with E-state index in [1.165, 1.54) is 6.07 Å². The SMILES string of the molecule is C[C@H]1[C@H](O)[C@](C)(CCC(=O)N2CCC(O)C2)C[C@@H](OC(=O)COc2ccc3c(c2F)B(O)OC3)[C@@]2(C)[C@@H]3C(=O)CC[C@]31CC[C@@H]2C. The summed E-state index contributed by atoms with van der Waals surface area (Å²) in [5, 5.41) is 32.1. The number of esters is 1. The number of ketones is 1. The summed E-state index contributed by atoms with van der Waals surface area (Å²) in [6.07, 6.45) is 1.81. The number of Topliss-reactive ketones (excluding diaryl/α,β-unsaturated/α-hetero) is 1. The van der Waals surface area contributed by atoms with Crippen molar-refractivity contribution in [1.82, 2.24) is 4.90 Å². The van der Waals surface area contributed by atoms with Crippen molar-refractivity contribution in [2.24, 2.45) is 34.0 Å². The summed E-state index contributed by atoms with van der Waals surface area (Å²) in [5.74, 6) is -2.27. The normalized spacial score (nSPS) is 38.7. The Hall–Kier alpha value is -2.54.